The topological polar surface area (TPSA) is 93.8 Å². The van der Waals surface area contributed by atoms with Gasteiger partial charge in [0, 0.05) is 28.0 Å². The maximum absolute atomic E-state index is 13.1. The summed E-state index contributed by atoms with van der Waals surface area (Å²) in [5, 5.41) is 9.61. The average Bonchev–Trinajstić information content (AvgIpc) is 2.73. The van der Waals surface area contributed by atoms with Crippen LogP contribution in [0.1, 0.15) is 55.8 Å². The van der Waals surface area contributed by atoms with Crippen molar-refractivity contribution in [1.29, 1.82) is 0 Å². The predicted octanol–water partition coefficient (Wildman–Crippen LogP) is 5.12. The second kappa shape index (κ2) is 9.89. The van der Waals surface area contributed by atoms with Crippen molar-refractivity contribution in [2.75, 3.05) is 12.9 Å². The Hall–Kier alpha value is -2.67. The van der Waals surface area contributed by atoms with Crippen LogP contribution in [0.2, 0.25) is 0 Å². The van der Waals surface area contributed by atoms with Crippen molar-refractivity contribution in [3.8, 4) is 5.75 Å². The molecular formula is C23H26O6S. The van der Waals surface area contributed by atoms with Crippen LogP contribution >= 0.6 is 0 Å². The number of aromatic carboxylic acids is 1. The molecule has 7 heteroatoms. The summed E-state index contributed by atoms with van der Waals surface area (Å²) >= 11 is 0. The summed E-state index contributed by atoms with van der Waals surface area (Å²) in [4.78, 5) is 24.8. The zero-order chi connectivity index (χ0) is 21.7. The number of hydrogen-bond donors (Lipinski definition) is 1. The Morgan fingerprint density at radius 1 is 1.07 bits per heavy atom. The molecule has 1 atom stereocenters. The van der Waals surface area contributed by atoms with Crippen LogP contribution in [0.4, 0.5) is 0 Å². The van der Waals surface area contributed by atoms with E-state index in [-0.39, 0.29) is 32.9 Å². The van der Waals surface area contributed by atoms with E-state index in [1.807, 2.05) is 0 Å². The first-order valence-electron chi connectivity index (χ1n) is 10.2. The maximum atomic E-state index is 13.1. The minimum Gasteiger partial charge on any atom is -0.490 e. The minimum atomic E-state index is -1.32. The zero-order valence-electron chi connectivity index (χ0n) is 17.2. The highest BCUT2D eigenvalue weighted by atomic mass is 32.2. The first-order valence-corrected chi connectivity index (χ1v) is 11.7. The molecule has 0 fully saturated rings. The van der Waals surface area contributed by atoms with E-state index in [9.17, 15) is 18.9 Å². The van der Waals surface area contributed by atoms with Gasteiger partial charge in [-0.15, -0.1) is 0 Å². The summed E-state index contributed by atoms with van der Waals surface area (Å²) < 4.78 is 23.9. The third kappa shape index (κ3) is 4.90. The number of ether oxygens (including phenoxy) is 1. The lowest BCUT2D eigenvalue weighted by Crippen LogP contribution is -2.07. The summed E-state index contributed by atoms with van der Waals surface area (Å²) in [6.07, 6.45) is 8.27. The molecule has 0 amide bonds. The maximum Gasteiger partial charge on any atom is 0.335 e. The largest absolute Gasteiger partial charge is 0.490 e. The van der Waals surface area contributed by atoms with Gasteiger partial charge in [-0.25, -0.2) is 4.79 Å². The van der Waals surface area contributed by atoms with E-state index in [2.05, 4.69) is 6.92 Å². The molecule has 0 bridgehead atoms. The Morgan fingerprint density at radius 3 is 2.50 bits per heavy atom. The third-order valence-electron chi connectivity index (χ3n) is 5.04. The van der Waals surface area contributed by atoms with E-state index in [4.69, 9.17) is 9.15 Å². The van der Waals surface area contributed by atoms with Gasteiger partial charge in [0.05, 0.1) is 22.9 Å². The number of carboxylic acid groups (broad SMARTS) is 1. The summed E-state index contributed by atoms with van der Waals surface area (Å²) in [6, 6.07) is 7.35. The van der Waals surface area contributed by atoms with Crippen LogP contribution in [0.15, 0.2) is 44.4 Å². The highest BCUT2D eigenvalue weighted by Crippen LogP contribution is 2.30. The lowest BCUT2D eigenvalue weighted by Gasteiger charge is -2.11. The second-order valence-electron chi connectivity index (χ2n) is 7.32. The molecule has 30 heavy (non-hydrogen) atoms. The lowest BCUT2D eigenvalue weighted by atomic mass is 10.1. The van der Waals surface area contributed by atoms with E-state index in [0.717, 1.165) is 19.3 Å². The molecule has 3 rings (SSSR count). The monoisotopic (exact) mass is 430 g/mol. The highest BCUT2D eigenvalue weighted by Gasteiger charge is 2.17. The number of carbonyl (C=O) groups is 1. The zero-order valence-corrected chi connectivity index (χ0v) is 18.0. The third-order valence-corrected chi connectivity index (χ3v) is 5.94. The molecule has 0 aliphatic carbocycles. The summed E-state index contributed by atoms with van der Waals surface area (Å²) in [6.45, 7) is 2.65. The van der Waals surface area contributed by atoms with Gasteiger partial charge in [0.15, 0.2) is 11.3 Å². The van der Waals surface area contributed by atoms with Crippen molar-refractivity contribution in [3.63, 3.8) is 0 Å². The first kappa shape index (κ1) is 22.0. The molecule has 160 valence electrons. The van der Waals surface area contributed by atoms with E-state index in [0.29, 0.717) is 17.3 Å². The molecule has 6 nitrogen and oxygen atoms in total. The van der Waals surface area contributed by atoms with Crippen molar-refractivity contribution < 1.29 is 23.3 Å². The number of unbranched alkanes of at least 4 members (excludes halogenated alkanes) is 5. The Bertz CT molecular complexity index is 1150. The fraction of sp³-hybridized carbons (Fsp3) is 0.391. The SMILES string of the molecule is CCCCCCCCOc1cc(S(C)=O)cc2c(=O)c3cc(C(=O)O)ccc3oc12. The highest BCUT2D eigenvalue weighted by molar-refractivity contribution is 7.84. The Labute approximate surface area is 177 Å². The molecule has 1 heterocycles. The van der Waals surface area contributed by atoms with Crippen molar-refractivity contribution in [1.82, 2.24) is 0 Å². The van der Waals surface area contributed by atoms with Gasteiger partial charge in [0.25, 0.3) is 0 Å². The molecule has 1 unspecified atom stereocenters. The summed E-state index contributed by atoms with van der Waals surface area (Å²) in [7, 11) is -1.32. The van der Waals surface area contributed by atoms with Crippen LogP contribution in [0, 0.1) is 0 Å². The molecule has 0 aliphatic heterocycles. The quantitative estimate of drug-likeness (QED) is 0.354. The van der Waals surface area contributed by atoms with Crippen LogP contribution < -0.4 is 10.2 Å². The van der Waals surface area contributed by atoms with Gasteiger partial charge < -0.3 is 14.3 Å². The summed E-state index contributed by atoms with van der Waals surface area (Å²) in [5.41, 5.74) is 0.207. The van der Waals surface area contributed by atoms with Crippen molar-refractivity contribution in [3.05, 3.63) is 46.1 Å². The molecule has 2 aromatic carbocycles. The second-order valence-corrected chi connectivity index (χ2v) is 8.70. The van der Waals surface area contributed by atoms with Gasteiger partial charge in [-0.2, -0.15) is 0 Å². The van der Waals surface area contributed by atoms with Crippen LogP contribution in [0.5, 0.6) is 5.75 Å². The summed E-state index contributed by atoms with van der Waals surface area (Å²) in [5.74, 6) is -0.740. The van der Waals surface area contributed by atoms with E-state index in [1.165, 1.54) is 49.8 Å². The molecule has 0 saturated carbocycles. The average molecular weight is 431 g/mol. The molecule has 3 aromatic rings. The van der Waals surface area contributed by atoms with Crippen molar-refractivity contribution in [2.24, 2.45) is 0 Å². The number of fused-ring (bicyclic) bond motifs is 2. The number of benzene rings is 2. The number of hydrogen-bond acceptors (Lipinski definition) is 5. The van der Waals surface area contributed by atoms with Crippen LogP contribution in [0.25, 0.3) is 21.9 Å². The number of carboxylic acids is 1. The van der Waals surface area contributed by atoms with Crippen molar-refractivity contribution in [2.45, 2.75) is 50.3 Å². The smallest absolute Gasteiger partial charge is 0.335 e. The van der Waals surface area contributed by atoms with Crippen LogP contribution in [-0.4, -0.2) is 28.1 Å². The number of rotatable bonds is 10. The molecular weight excluding hydrogens is 404 g/mol. The standard InChI is InChI=1S/C23H26O6S/c1-3-4-5-6-7-8-11-28-20-14-16(30(2)27)13-18-21(24)17-12-15(23(25)26)9-10-19(17)29-22(18)20/h9-10,12-14H,3-8,11H2,1-2H3,(H,25,26). The van der Waals surface area contributed by atoms with E-state index >= 15 is 0 Å². The van der Waals surface area contributed by atoms with Gasteiger partial charge in [0.1, 0.15) is 5.58 Å². The molecule has 0 aliphatic rings. The molecule has 0 spiro atoms. The molecule has 1 aromatic heterocycles. The van der Waals surface area contributed by atoms with Crippen molar-refractivity contribution >= 4 is 38.7 Å². The normalized spacial score (nSPS) is 12.3. The van der Waals surface area contributed by atoms with Crippen LogP contribution in [0.3, 0.4) is 0 Å². The van der Waals surface area contributed by atoms with Crippen LogP contribution in [-0.2, 0) is 10.8 Å². The Kier molecular flexibility index (Phi) is 7.26. The van der Waals surface area contributed by atoms with Gasteiger partial charge >= 0.3 is 5.97 Å². The van der Waals surface area contributed by atoms with E-state index < -0.39 is 16.8 Å². The fourth-order valence-electron chi connectivity index (χ4n) is 3.37. The Balaban J connectivity index is 1.98. The van der Waals surface area contributed by atoms with Gasteiger partial charge in [0.2, 0.25) is 5.43 Å². The predicted molar refractivity (Wildman–Crippen MR) is 118 cm³/mol. The van der Waals surface area contributed by atoms with Gasteiger partial charge in [-0.3, -0.25) is 9.00 Å². The Morgan fingerprint density at radius 2 is 1.80 bits per heavy atom. The molecule has 0 radical (unpaired) electrons. The van der Waals surface area contributed by atoms with Gasteiger partial charge in [-0.05, 0) is 30.7 Å². The van der Waals surface area contributed by atoms with E-state index in [1.54, 1.807) is 6.07 Å². The minimum absolute atomic E-state index is 0.00363. The fourth-order valence-corrected chi connectivity index (χ4v) is 3.93. The van der Waals surface area contributed by atoms with Gasteiger partial charge in [-0.1, -0.05) is 39.0 Å². The lowest BCUT2D eigenvalue weighted by molar-refractivity contribution is 0.0697. The molecule has 1 N–H and O–H groups in total. The first-order chi connectivity index (χ1) is 14.4. The molecule has 0 saturated heterocycles.